The SMILES string of the molecule is Cc1ccccc1N(c1nc2nc[nH]c2c(=O)[nH]1)c1ccccc1C. The van der Waals surface area contributed by atoms with E-state index in [1.165, 1.54) is 6.33 Å². The van der Waals surface area contributed by atoms with Gasteiger partial charge in [0.1, 0.15) is 0 Å². The molecule has 0 amide bonds. The van der Waals surface area contributed by atoms with Crippen molar-refractivity contribution in [2.24, 2.45) is 0 Å². The van der Waals surface area contributed by atoms with E-state index in [1.807, 2.05) is 67.3 Å². The van der Waals surface area contributed by atoms with Gasteiger partial charge in [-0.1, -0.05) is 36.4 Å². The normalized spacial score (nSPS) is 11.0. The standard InChI is InChI=1S/C19H17N5O/c1-12-7-3-5-9-14(12)24(15-10-6-4-8-13(15)2)19-22-17-16(18(25)23-19)20-11-21-17/h3-11H,1-2H3,(H2,20,21,22,23,25). The van der Waals surface area contributed by atoms with Crippen molar-refractivity contribution >= 4 is 28.5 Å². The number of imidazole rings is 1. The van der Waals surface area contributed by atoms with Crippen LogP contribution in [0.4, 0.5) is 17.3 Å². The topological polar surface area (TPSA) is 77.7 Å². The van der Waals surface area contributed by atoms with E-state index < -0.39 is 0 Å². The molecule has 0 unspecified atom stereocenters. The third kappa shape index (κ3) is 2.57. The Hall–Kier alpha value is -3.41. The summed E-state index contributed by atoms with van der Waals surface area (Å²) in [6, 6.07) is 16.0. The number of nitrogens with zero attached hydrogens (tertiary/aromatic N) is 3. The van der Waals surface area contributed by atoms with Gasteiger partial charge in [-0.2, -0.15) is 4.98 Å². The molecule has 2 N–H and O–H groups in total. The maximum absolute atomic E-state index is 12.4. The summed E-state index contributed by atoms with van der Waals surface area (Å²) < 4.78 is 0. The van der Waals surface area contributed by atoms with E-state index in [4.69, 9.17) is 0 Å². The first-order valence-electron chi connectivity index (χ1n) is 8.00. The third-order valence-electron chi connectivity index (χ3n) is 4.21. The predicted octanol–water partition coefficient (Wildman–Crippen LogP) is 3.73. The minimum absolute atomic E-state index is 0.246. The Morgan fingerprint density at radius 2 is 1.52 bits per heavy atom. The Bertz CT molecular complexity index is 1070. The molecule has 6 nitrogen and oxygen atoms in total. The van der Waals surface area contributed by atoms with E-state index >= 15 is 0 Å². The zero-order valence-corrected chi connectivity index (χ0v) is 13.9. The summed E-state index contributed by atoms with van der Waals surface area (Å²) in [5.41, 5.74) is 4.59. The van der Waals surface area contributed by atoms with Crippen molar-refractivity contribution in [3.8, 4) is 0 Å². The number of para-hydroxylation sites is 2. The van der Waals surface area contributed by atoms with E-state index in [9.17, 15) is 4.79 Å². The summed E-state index contributed by atoms with van der Waals surface area (Å²) in [7, 11) is 0. The highest BCUT2D eigenvalue weighted by Gasteiger charge is 2.19. The Balaban J connectivity index is 2.01. The van der Waals surface area contributed by atoms with Crippen LogP contribution in [0.15, 0.2) is 59.7 Å². The first kappa shape index (κ1) is 15.1. The first-order valence-corrected chi connectivity index (χ1v) is 8.00. The molecule has 0 aliphatic carbocycles. The Morgan fingerprint density at radius 1 is 0.920 bits per heavy atom. The maximum Gasteiger partial charge on any atom is 0.278 e. The Kier molecular flexibility index (Phi) is 3.57. The molecular formula is C19H17N5O. The summed E-state index contributed by atoms with van der Waals surface area (Å²) in [5, 5.41) is 0. The minimum Gasteiger partial charge on any atom is -0.339 e. The van der Waals surface area contributed by atoms with Crippen LogP contribution in [0.25, 0.3) is 11.2 Å². The van der Waals surface area contributed by atoms with Gasteiger partial charge < -0.3 is 4.98 Å². The lowest BCUT2D eigenvalue weighted by Crippen LogP contribution is -2.20. The van der Waals surface area contributed by atoms with Gasteiger partial charge in [-0.25, -0.2) is 4.98 Å². The monoisotopic (exact) mass is 331 g/mol. The zero-order chi connectivity index (χ0) is 17.4. The number of rotatable bonds is 3. The molecule has 2 aromatic heterocycles. The molecule has 0 aliphatic rings. The Morgan fingerprint density at radius 3 is 2.12 bits per heavy atom. The van der Waals surface area contributed by atoms with Crippen molar-refractivity contribution in [3.05, 3.63) is 76.3 Å². The van der Waals surface area contributed by atoms with Crippen molar-refractivity contribution in [2.45, 2.75) is 13.8 Å². The molecule has 2 aromatic carbocycles. The summed E-state index contributed by atoms with van der Waals surface area (Å²) >= 11 is 0. The van der Waals surface area contributed by atoms with Gasteiger partial charge >= 0.3 is 0 Å². The number of aromatic amines is 2. The molecule has 0 bridgehead atoms. The highest BCUT2D eigenvalue weighted by Crippen LogP contribution is 2.35. The number of anilines is 3. The van der Waals surface area contributed by atoms with Gasteiger partial charge in [-0.15, -0.1) is 0 Å². The van der Waals surface area contributed by atoms with Crippen LogP contribution in [0.3, 0.4) is 0 Å². The van der Waals surface area contributed by atoms with Gasteiger partial charge in [0.15, 0.2) is 11.2 Å². The summed E-state index contributed by atoms with van der Waals surface area (Å²) in [5.74, 6) is 0.438. The molecule has 0 saturated heterocycles. The van der Waals surface area contributed by atoms with Crippen molar-refractivity contribution < 1.29 is 0 Å². The molecule has 6 heteroatoms. The lowest BCUT2D eigenvalue weighted by molar-refractivity contribution is 1.06. The molecule has 2 heterocycles. The Labute approximate surface area is 144 Å². The average molecular weight is 331 g/mol. The smallest absolute Gasteiger partial charge is 0.278 e. The zero-order valence-electron chi connectivity index (χ0n) is 13.9. The van der Waals surface area contributed by atoms with E-state index in [1.54, 1.807) is 0 Å². The number of nitrogens with one attached hydrogen (secondary N) is 2. The van der Waals surface area contributed by atoms with Crippen molar-refractivity contribution in [1.29, 1.82) is 0 Å². The third-order valence-corrected chi connectivity index (χ3v) is 4.21. The molecule has 0 radical (unpaired) electrons. The number of H-pyrrole nitrogens is 2. The molecule has 4 aromatic rings. The average Bonchev–Trinajstić information content (AvgIpc) is 3.08. The van der Waals surface area contributed by atoms with Crippen molar-refractivity contribution in [3.63, 3.8) is 0 Å². The molecule has 0 spiro atoms. The first-order chi connectivity index (χ1) is 12.1. The van der Waals surface area contributed by atoms with Crippen LogP contribution < -0.4 is 10.5 Å². The summed E-state index contributed by atoms with van der Waals surface area (Å²) in [6.45, 7) is 4.07. The molecule has 0 saturated carbocycles. The van der Waals surface area contributed by atoms with Gasteiger partial charge in [0.25, 0.3) is 5.56 Å². The predicted molar refractivity (Wildman–Crippen MR) is 98.7 cm³/mol. The second kappa shape index (κ2) is 5.90. The van der Waals surface area contributed by atoms with Gasteiger partial charge in [-0.05, 0) is 37.1 Å². The van der Waals surface area contributed by atoms with Crippen LogP contribution in [-0.4, -0.2) is 19.9 Å². The van der Waals surface area contributed by atoms with E-state index in [-0.39, 0.29) is 5.56 Å². The fraction of sp³-hybridized carbons (Fsp3) is 0.105. The lowest BCUT2D eigenvalue weighted by atomic mass is 10.1. The van der Waals surface area contributed by atoms with Crippen LogP contribution in [0.5, 0.6) is 0 Å². The highest BCUT2D eigenvalue weighted by atomic mass is 16.1. The molecule has 25 heavy (non-hydrogen) atoms. The fourth-order valence-electron chi connectivity index (χ4n) is 2.92. The number of aryl methyl sites for hydroxylation is 2. The molecule has 0 fully saturated rings. The fourth-order valence-corrected chi connectivity index (χ4v) is 2.92. The van der Waals surface area contributed by atoms with Gasteiger partial charge in [0.2, 0.25) is 5.95 Å². The minimum atomic E-state index is -0.246. The van der Waals surface area contributed by atoms with Gasteiger partial charge in [-0.3, -0.25) is 14.7 Å². The van der Waals surface area contributed by atoms with Crippen LogP contribution >= 0.6 is 0 Å². The van der Waals surface area contributed by atoms with Crippen LogP contribution in [0.2, 0.25) is 0 Å². The summed E-state index contributed by atoms with van der Waals surface area (Å²) in [4.78, 5) is 28.8. The van der Waals surface area contributed by atoms with Crippen molar-refractivity contribution in [1.82, 2.24) is 19.9 Å². The molecular weight excluding hydrogens is 314 g/mol. The highest BCUT2D eigenvalue weighted by molar-refractivity contribution is 5.79. The largest absolute Gasteiger partial charge is 0.339 e. The van der Waals surface area contributed by atoms with E-state index in [2.05, 4.69) is 19.9 Å². The van der Waals surface area contributed by atoms with E-state index in [0.29, 0.717) is 17.1 Å². The molecule has 124 valence electrons. The van der Waals surface area contributed by atoms with E-state index in [0.717, 1.165) is 22.5 Å². The van der Waals surface area contributed by atoms with Crippen molar-refractivity contribution in [2.75, 3.05) is 4.90 Å². The summed E-state index contributed by atoms with van der Waals surface area (Å²) in [6.07, 6.45) is 1.47. The molecule has 4 rings (SSSR count). The second-order valence-electron chi connectivity index (χ2n) is 5.90. The van der Waals surface area contributed by atoms with Crippen LogP contribution in [-0.2, 0) is 0 Å². The number of hydrogen-bond donors (Lipinski definition) is 2. The number of fused-ring (bicyclic) bond motifs is 1. The van der Waals surface area contributed by atoms with Crippen LogP contribution in [0, 0.1) is 13.8 Å². The van der Waals surface area contributed by atoms with Crippen LogP contribution in [0.1, 0.15) is 11.1 Å². The second-order valence-corrected chi connectivity index (χ2v) is 5.90. The maximum atomic E-state index is 12.4. The molecule has 0 aliphatic heterocycles. The molecule has 0 atom stereocenters. The number of aromatic nitrogens is 4. The lowest BCUT2D eigenvalue weighted by Gasteiger charge is -2.26. The van der Waals surface area contributed by atoms with Gasteiger partial charge in [0.05, 0.1) is 17.7 Å². The quantitative estimate of drug-likeness (QED) is 0.599. The number of hydrogen-bond acceptors (Lipinski definition) is 4. The van der Waals surface area contributed by atoms with Gasteiger partial charge in [0, 0.05) is 0 Å². The number of benzene rings is 2.